The van der Waals surface area contributed by atoms with Crippen molar-refractivity contribution in [2.75, 3.05) is 0 Å². The lowest BCUT2D eigenvalue weighted by Gasteiger charge is -2.15. The zero-order valence-electron chi connectivity index (χ0n) is 17.1. The summed E-state index contributed by atoms with van der Waals surface area (Å²) >= 11 is 0.810. The highest BCUT2D eigenvalue weighted by Crippen LogP contribution is 2.39. The summed E-state index contributed by atoms with van der Waals surface area (Å²) in [6.45, 7) is 1.64. The molecule has 2 aromatic carbocycles. The van der Waals surface area contributed by atoms with E-state index in [1.54, 1.807) is 12.1 Å². The minimum Gasteiger partial charge on any atom is -0.347 e. The third-order valence-electron chi connectivity index (χ3n) is 4.65. The molecule has 0 aliphatic rings. The first-order chi connectivity index (χ1) is 15.4. The Labute approximate surface area is 188 Å². The number of halogens is 6. The van der Waals surface area contributed by atoms with E-state index in [0.29, 0.717) is 18.7 Å². The van der Waals surface area contributed by atoms with E-state index in [1.807, 2.05) is 12.1 Å². The lowest BCUT2D eigenvalue weighted by atomic mass is 10.0. The van der Waals surface area contributed by atoms with E-state index < -0.39 is 29.5 Å². The van der Waals surface area contributed by atoms with Crippen LogP contribution in [0.15, 0.2) is 42.5 Å². The number of rotatable bonds is 6. The number of hydrogen-bond donors (Lipinski definition) is 2. The largest absolute Gasteiger partial charge is 0.416 e. The van der Waals surface area contributed by atoms with Gasteiger partial charge in [-0.05, 0) is 35.7 Å². The molecular formula is C21H18F6N4OS. The van der Waals surface area contributed by atoms with Gasteiger partial charge in [-0.2, -0.15) is 26.3 Å². The number of hydrogen-bond acceptors (Lipinski definition) is 5. The van der Waals surface area contributed by atoms with E-state index in [4.69, 9.17) is 5.73 Å². The maximum atomic E-state index is 13.2. The molecule has 0 saturated carbocycles. The van der Waals surface area contributed by atoms with Gasteiger partial charge < -0.3 is 11.1 Å². The number of amides is 1. The molecular weight excluding hydrogens is 470 g/mol. The summed E-state index contributed by atoms with van der Waals surface area (Å²) in [5, 5.41) is 10.5. The van der Waals surface area contributed by atoms with Gasteiger partial charge in [0.15, 0.2) is 0 Å². The van der Waals surface area contributed by atoms with Gasteiger partial charge in [0.05, 0.1) is 17.2 Å². The summed E-state index contributed by atoms with van der Waals surface area (Å²) in [6, 6.07) is 7.81. The molecule has 1 heterocycles. The zero-order chi connectivity index (χ0) is 24.4. The van der Waals surface area contributed by atoms with Crippen LogP contribution in [-0.4, -0.2) is 16.1 Å². The highest BCUT2D eigenvalue weighted by atomic mass is 32.1. The fourth-order valence-electron chi connectivity index (χ4n) is 3.06. The van der Waals surface area contributed by atoms with Crippen LogP contribution in [0, 0.1) is 0 Å². The van der Waals surface area contributed by atoms with Gasteiger partial charge in [-0.3, -0.25) is 4.79 Å². The van der Waals surface area contributed by atoms with Crippen molar-refractivity contribution >= 4 is 17.2 Å². The quantitative estimate of drug-likeness (QED) is 0.472. The number of nitrogens with two attached hydrogens (primary N) is 1. The number of aromatic nitrogens is 2. The van der Waals surface area contributed by atoms with Gasteiger partial charge in [0, 0.05) is 19.0 Å². The van der Waals surface area contributed by atoms with Gasteiger partial charge in [0.25, 0.3) is 0 Å². The SMILES string of the molecule is CC(=O)NC(Cc1ccc(CN)cc1)c1nnc(-c2cc(C(F)(F)F)cc(C(F)(F)F)c2)s1. The second-order valence-corrected chi connectivity index (χ2v) is 8.23. The highest BCUT2D eigenvalue weighted by Gasteiger charge is 2.37. The summed E-state index contributed by atoms with van der Waals surface area (Å²) in [5.74, 6) is -0.381. The second kappa shape index (κ2) is 9.48. The van der Waals surface area contributed by atoms with Crippen molar-refractivity contribution < 1.29 is 31.1 Å². The van der Waals surface area contributed by atoms with Crippen LogP contribution in [0.3, 0.4) is 0 Å². The Balaban J connectivity index is 1.97. The van der Waals surface area contributed by atoms with Crippen LogP contribution < -0.4 is 11.1 Å². The van der Waals surface area contributed by atoms with Crippen molar-refractivity contribution in [3.8, 4) is 10.6 Å². The lowest BCUT2D eigenvalue weighted by molar-refractivity contribution is -0.143. The smallest absolute Gasteiger partial charge is 0.347 e. The fraction of sp³-hybridized carbons (Fsp3) is 0.286. The van der Waals surface area contributed by atoms with Gasteiger partial charge in [-0.1, -0.05) is 35.6 Å². The third-order valence-corrected chi connectivity index (χ3v) is 5.74. The Hall–Kier alpha value is -2.99. The molecule has 12 heteroatoms. The van der Waals surface area contributed by atoms with E-state index in [1.165, 1.54) is 6.92 Å². The van der Waals surface area contributed by atoms with Crippen LogP contribution in [0.4, 0.5) is 26.3 Å². The summed E-state index contributed by atoms with van der Waals surface area (Å²) in [6.07, 6.45) is -9.66. The third kappa shape index (κ3) is 6.29. The van der Waals surface area contributed by atoms with Gasteiger partial charge in [0.2, 0.25) is 5.91 Å². The Morgan fingerprint density at radius 3 is 2.00 bits per heavy atom. The van der Waals surface area contributed by atoms with E-state index in [2.05, 4.69) is 15.5 Å². The predicted molar refractivity (Wildman–Crippen MR) is 110 cm³/mol. The van der Waals surface area contributed by atoms with Crippen LogP contribution in [0.1, 0.15) is 40.2 Å². The second-order valence-electron chi connectivity index (χ2n) is 7.22. The van der Waals surface area contributed by atoms with Crippen LogP contribution in [0.5, 0.6) is 0 Å². The maximum absolute atomic E-state index is 13.2. The van der Waals surface area contributed by atoms with Crippen molar-refractivity contribution in [2.45, 2.75) is 38.3 Å². The molecule has 176 valence electrons. The normalized spacial score (nSPS) is 13.1. The molecule has 3 aromatic rings. The first kappa shape index (κ1) is 24.6. The molecule has 1 aromatic heterocycles. The van der Waals surface area contributed by atoms with Crippen molar-refractivity contribution in [3.05, 3.63) is 69.7 Å². The van der Waals surface area contributed by atoms with Gasteiger partial charge >= 0.3 is 12.4 Å². The minimum atomic E-state index is -4.97. The molecule has 1 amide bonds. The molecule has 1 atom stereocenters. The number of alkyl halides is 6. The average molecular weight is 488 g/mol. The fourth-order valence-corrected chi connectivity index (χ4v) is 3.94. The summed E-state index contributed by atoms with van der Waals surface area (Å²) in [7, 11) is 0. The van der Waals surface area contributed by atoms with E-state index in [9.17, 15) is 31.1 Å². The zero-order valence-corrected chi connectivity index (χ0v) is 17.9. The molecule has 1 unspecified atom stereocenters. The first-order valence-corrected chi connectivity index (χ1v) is 10.4. The number of carbonyl (C=O) groups is 1. The molecule has 3 N–H and O–H groups in total. The van der Waals surface area contributed by atoms with Crippen molar-refractivity contribution in [1.29, 1.82) is 0 Å². The molecule has 5 nitrogen and oxygen atoms in total. The van der Waals surface area contributed by atoms with E-state index >= 15 is 0 Å². The molecule has 0 bridgehead atoms. The van der Waals surface area contributed by atoms with E-state index in [0.717, 1.165) is 22.5 Å². The Morgan fingerprint density at radius 2 is 1.52 bits per heavy atom. The average Bonchev–Trinajstić information content (AvgIpc) is 3.22. The summed E-state index contributed by atoms with van der Waals surface area (Å²) < 4.78 is 79.0. The maximum Gasteiger partial charge on any atom is 0.416 e. The monoisotopic (exact) mass is 488 g/mol. The van der Waals surface area contributed by atoms with Crippen molar-refractivity contribution in [1.82, 2.24) is 15.5 Å². The molecule has 0 radical (unpaired) electrons. The molecule has 0 spiro atoms. The standard InChI is InChI=1S/C21H18F6N4OS/c1-11(32)29-17(6-12-2-4-13(10-28)5-3-12)19-31-30-18(33-19)14-7-15(20(22,23)24)9-16(8-14)21(25,26)27/h2-5,7-9,17H,6,10,28H2,1H3,(H,29,32). The Morgan fingerprint density at radius 1 is 0.970 bits per heavy atom. The number of carbonyl (C=O) groups excluding carboxylic acids is 1. The molecule has 0 saturated heterocycles. The predicted octanol–water partition coefficient (Wildman–Crippen LogP) is 5.12. The molecule has 0 aliphatic carbocycles. The summed E-state index contributed by atoms with van der Waals surface area (Å²) in [4.78, 5) is 11.7. The van der Waals surface area contributed by atoms with Gasteiger partial charge in [0.1, 0.15) is 10.0 Å². The van der Waals surface area contributed by atoms with Crippen LogP contribution >= 0.6 is 11.3 Å². The Bertz CT molecular complexity index is 1090. The Kier molecular flexibility index (Phi) is 7.08. The summed E-state index contributed by atoms with van der Waals surface area (Å²) in [5.41, 5.74) is 4.05. The van der Waals surface area contributed by atoms with Crippen LogP contribution in [0.2, 0.25) is 0 Å². The van der Waals surface area contributed by atoms with Crippen LogP contribution in [0.25, 0.3) is 10.6 Å². The highest BCUT2D eigenvalue weighted by molar-refractivity contribution is 7.14. The van der Waals surface area contributed by atoms with Crippen LogP contribution in [-0.2, 0) is 30.1 Å². The molecule has 33 heavy (non-hydrogen) atoms. The van der Waals surface area contributed by atoms with Crippen molar-refractivity contribution in [2.24, 2.45) is 5.73 Å². The lowest BCUT2D eigenvalue weighted by Crippen LogP contribution is -2.27. The first-order valence-electron chi connectivity index (χ1n) is 9.55. The number of nitrogens with zero attached hydrogens (tertiary/aromatic N) is 2. The topological polar surface area (TPSA) is 80.9 Å². The van der Waals surface area contributed by atoms with Gasteiger partial charge in [-0.15, -0.1) is 10.2 Å². The van der Waals surface area contributed by atoms with Crippen molar-refractivity contribution in [3.63, 3.8) is 0 Å². The molecule has 0 aliphatic heterocycles. The van der Waals surface area contributed by atoms with E-state index in [-0.39, 0.29) is 34.0 Å². The number of nitrogens with one attached hydrogen (secondary N) is 1. The number of benzene rings is 2. The van der Waals surface area contributed by atoms with Gasteiger partial charge in [-0.25, -0.2) is 0 Å². The molecule has 3 rings (SSSR count). The minimum absolute atomic E-state index is 0.0521. The molecule has 0 fully saturated rings.